The van der Waals surface area contributed by atoms with E-state index in [9.17, 15) is 26.4 Å². The van der Waals surface area contributed by atoms with Crippen LogP contribution in [0, 0.1) is 5.92 Å². The van der Waals surface area contributed by atoms with Gasteiger partial charge in [-0.1, -0.05) is 6.07 Å². The van der Waals surface area contributed by atoms with Crippen molar-refractivity contribution >= 4 is 21.6 Å². The summed E-state index contributed by atoms with van der Waals surface area (Å²) in [6.07, 6.45) is -2.48. The minimum atomic E-state index is -4.57. The summed E-state index contributed by atoms with van der Waals surface area (Å²) in [4.78, 5) is 12.1. The maximum absolute atomic E-state index is 12.9. The molecule has 1 aromatic rings. The summed E-state index contributed by atoms with van der Waals surface area (Å²) in [7, 11) is -3.81. The highest BCUT2D eigenvalue weighted by Gasteiger charge is 2.31. The van der Waals surface area contributed by atoms with Gasteiger partial charge in [0.05, 0.1) is 24.1 Å². The Morgan fingerprint density at radius 1 is 1.31 bits per heavy atom. The molecule has 2 rings (SSSR count). The molecule has 0 saturated carbocycles. The van der Waals surface area contributed by atoms with Crippen molar-refractivity contribution in [2.75, 3.05) is 36.9 Å². The molecule has 6 nitrogen and oxygen atoms in total. The van der Waals surface area contributed by atoms with Crippen LogP contribution in [0.3, 0.4) is 0 Å². The van der Waals surface area contributed by atoms with Crippen LogP contribution in [0.2, 0.25) is 0 Å². The van der Waals surface area contributed by atoms with Gasteiger partial charge in [0.15, 0.2) is 0 Å². The summed E-state index contributed by atoms with van der Waals surface area (Å²) in [5.41, 5.74) is -1.03. The van der Waals surface area contributed by atoms with Gasteiger partial charge in [-0.25, -0.2) is 8.42 Å². The van der Waals surface area contributed by atoms with Gasteiger partial charge in [0.1, 0.15) is 0 Å². The highest BCUT2D eigenvalue weighted by molar-refractivity contribution is 7.92. The Balaban J connectivity index is 2.06. The number of carbonyl (C=O) groups excluding carboxylic acids is 1. The van der Waals surface area contributed by atoms with Crippen molar-refractivity contribution in [3.05, 3.63) is 29.8 Å². The van der Waals surface area contributed by atoms with Crippen molar-refractivity contribution in [1.29, 1.82) is 0 Å². The maximum Gasteiger partial charge on any atom is 0.416 e. The highest BCUT2D eigenvalue weighted by Crippen LogP contribution is 2.32. The molecule has 0 radical (unpaired) electrons. The molecule has 0 aromatic heterocycles. The average Bonchev–Trinajstić information content (AvgIpc) is 2.57. The lowest BCUT2D eigenvalue weighted by atomic mass is 9.99. The summed E-state index contributed by atoms with van der Waals surface area (Å²) in [5.74, 6) is -0.394. The third-order valence-electron chi connectivity index (χ3n) is 4.07. The van der Waals surface area contributed by atoms with Crippen molar-refractivity contribution in [3.63, 3.8) is 0 Å². The van der Waals surface area contributed by atoms with E-state index >= 15 is 0 Å². The second kappa shape index (κ2) is 8.26. The Hall–Kier alpha value is -1.81. The summed E-state index contributed by atoms with van der Waals surface area (Å²) in [6.45, 7) is 0.837. The Bertz CT molecular complexity index is 731. The number of amides is 1. The van der Waals surface area contributed by atoms with Crippen LogP contribution in [0.4, 0.5) is 18.9 Å². The first-order chi connectivity index (χ1) is 12.1. The number of anilines is 1. The predicted octanol–water partition coefficient (Wildman–Crippen LogP) is 2.01. The van der Waals surface area contributed by atoms with Crippen LogP contribution in [0.5, 0.6) is 0 Å². The monoisotopic (exact) mass is 394 g/mol. The van der Waals surface area contributed by atoms with Crippen LogP contribution in [-0.2, 0) is 25.7 Å². The molecule has 1 aliphatic heterocycles. The fraction of sp³-hybridized carbons (Fsp3) is 0.562. The zero-order chi connectivity index (χ0) is 19.4. The smallest absolute Gasteiger partial charge is 0.381 e. The molecular formula is C16H21F3N2O4S. The molecule has 1 N–H and O–H groups in total. The van der Waals surface area contributed by atoms with Gasteiger partial charge < -0.3 is 10.1 Å². The number of nitrogens with one attached hydrogen (secondary N) is 1. The normalized spacial score (nSPS) is 16.3. The number of sulfonamides is 1. The van der Waals surface area contributed by atoms with Crippen LogP contribution >= 0.6 is 0 Å². The summed E-state index contributed by atoms with van der Waals surface area (Å²) < 4.78 is 68.6. The Morgan fingerprint density at radius 2 is 1.96 bits per heavy atom. The van der Waals surface area contributed by atoms with Crippen LogP contribution in [0.15, 0.2) is 24.3 Å². The molecule has 0 atom stereocenters. The van der Waals surface area contributed by atoms with Crippen molar-refractivity contribution in [3.8, 4) is 0 Å². The molecule has 26 heavy (non-hydrogen) atoms. The molecule has 1 fully saturated rings. The molecule has 0 aliphatic carbocycles. The van der Waals surface area contributed by atoms with Gasteiger partial charge in [-0.05, 0) is 31.0 Å². The summed E-state index contributed by atoms with van der Waals surface area (Å²) in [6, 6.07) is 4.09. The minimum absolute atomic E-state index is 0.000490. The largest absolute Gasteiger partial charge is 0.416 e. The van der Waals surface area contributed by atoms with E-state index < -0.39 is 21.8 Å². The van der Waals surface area contributed by atoms with E-state index in [1.54, 1.807) is 0 Å². The maximum atomic E-state index is 12.9. The average molecular weight is 394 g/mol. The minimum Gasteiger partial charge on any atom is -0.381 e. The molecule has 1 saturated heterocycles. The van der Waals surface area contributed by atoms with Crippen LogP contribution < -0.4 is 9.62 Å². The van der Waals surface area contributed by atoms with Gasteiger partial charge in [0.25, 0.3) is 0 Å². The lowest BCUT2D eigenvalue weighted by Gasteiger charge is -2.25. The molecule has 10 heteroatoms. The van der Waals surface area contributed by atoms with E-state index in [0.717, 1.165) is 28.8 Å². The molecular weight excluding hydrogens is 373 g/mol. The first-order valence-corrected chi connectivity index (χ1v) is 9.94. The van der Waals surface area contributed by atoms with E-state index in [1.807, 2.05) is 0 Å². The molecule has 1 heterocycles. The molecule has 1 amide bonds. The van der Waals surface area contributed by atoms with Crippen LogP contribution in [0.25, 0.3) is 0 Å². The second-order valence-electron chi connectivity index (χ2n) is 6.06. The fourth-order valence-electron chi connectivity index (χ4n) is 2.71. The van der Waals surface area contributed by atoms with E-state index in [2.05, 4.69) is 5.32 Å². The van der Waals surface area contributed by atoms with E-state index in [4.69, 9.17) is 4.74 Å². The predicted molar refractivity (Wildman–Crippen MR) is 90.2 cm³/mol. The molecule has 0 bridgehead atoms. The Kier molecular flexibility index (Phi) is 6.51. The summed E-state index contributed by atoms with van der Waals surface area (Å²) in [5, 5.41) is 2.65. The third-order valence-corrected chi connectivity index (χ3v) is 5.26. The van der Waals surface area contributed by atoms with Gasteiger partial charge in [-0.2, -0.15) is 13.2 Å². The van der Waals surface area contributed by atoms with Crippen molar-refractivity contribution in [1.82, 2.24) is 5.32 Å². The number of hydrogen-bond donors (Lipinski definition) is 1. The standard InChI is InChI=1S/C16H21F3N2O4S/c1-26(23,24)21(14-4-2-3-13(11-14)16(17,18)19)8-7-20-15(22)12-5-9-25-10-6-12/h2-4,11-12H,5-10H2,1H3,(H,20,22). The van der Waals surface area contributed by atoms with Gasteiger partial charge in [-0.3, -0.25) is 9.10 Å². The van der Waals surface area contributed by atoms with Crippen molar-refractivity contribution in [2.24, 2.45) is 5.92 Å². The Morgan fingerprint density at radius 3 is 2.54 bits per heavy atom. The van der Waals surface area contributed by atoms with E-state index in [-0.39, 0.29) is 30.6 Å². The number of benzene rings is 1. The van der Waals surface area contributed by atoms with Crippen molar-refractivity contribution in [2.45, 2.75) is 19.0 Å². The highest BCUT2D eigenvalue weighted by atomic mass is 32.2. The topological polar surface area (TPSA) is 75.7 Å². The fourth-order valence-corrected chi connectivity index (χ4v) is 3.63. The molecule has 0 spiro atoms. The van der Waals surface area contributed by atoms with Gasteiger partial charge >= 0.3 is 6.18 Å². The SMILES string of the molecule is CS(=O)(=O)N(CCNC(=O)C1CCOCC1)c1cccc(C(F)(F)F)c1. The molecule has 1 aromatic carbocycles. The number of rotatable bonds is 6. The number of hydrogen-bond acceptors (Lipinski definition) is 4. The third kappa shape index (κ3) is 5.60. The first-order valence-electron chi connectivity index (χ1n) is 8.09. The van der Waals surface area contributed by atoms with E-state index in [0.29, 0.717) is 26.1 Å². The number of carbonyl (C=O) groups is 1. The quantitative estimate of drug-likeness (QED) is 0.801. The number of nitrogens with zero attached hydrogens (tertiary/aromatic N) is 1. The van der Waals surface area contributed by atoms with Gasteiger partial charge in [0, 0.05) is 25.7 Å². The summed E-state index contributed by atoms with van der Waals surface area (Å²) >= 11 is 0. The molecule has 146 valence electrons. The zero-order valence-corrected chi connectivity index (χ0v) is 15.1. The molecule has 1 aliphatic rings. The number of alkyl halides is 3. The lowest BCUT2D eigenvalue weighted by molar-refractivity contribution is -0.137. The number of ether oxygens (including phenoxy) is 1. The van der Waals surface area contributed by atoms with E-state index in [1.165, 1.54) is 6.07 Å². The van der Waals surface area contributed by atoms with Gasteiger partial charge in [-0.15, -0.1) is 0 Å². The van der Waals surface area contributed by atoms with Crippen LogP contribution in [0.1, 0.15) is 18.4 Å². The first kappa shape index (κ1) is 20.5. The van der Waals surface area contributed by atoms with Crippen molar-refractivity contribution < 1.29 is 31.1 Å². The second-order valence-corrected chi connectivity index (χ2v) is 7.97. The molecule has 0 unspecified atom stereocenters. The van der Waals surface area contributed by atoms with Gasteiger partial charge in [0.2, 0.25) is 15.9 Å². The Labute approximate surface area is 150 Å². The number of halogens is 3. The zero-order valence-electron chi connectivity index (χ0n) is 14.3. The lowest BCUT2D eigenvalue weighted by Crippen LogP contribution is -2.41. The van der Waals surface area contributed by atoms with Crippen LogP contribution in [-0.4, -0.2) is 46.9 Å².